The van der Waals surface area contributed by atoms with Crippen molar-refractivity contribution in [3.8, 4) is 0 Å². The van der Waals surface area contributed by atoms with E-state index in [0.717, 1.165) is 38.5 Å². The molecule has 0 aromatic rings. The van der Waals surface area contributed by atoms with E-state index in [1.165, 1.54) is 161 Å². The molecule has 1 rings (SSSR count). The first-order chi connectivity index (χ1) is 28.7. The van der Waals surface area contributed by atoms with Crippen molar-refractivity contribution in [1.82, 2.24) is 0 Å². The summed E-state index contributed by atoms with van der Waals surface area (Å²) in [5.74, 6) is -2.43. The van der Waals surface area contributed by atoms with Gasteiger partial charge in [0.1, 0.15) is 24.9 Å². The van der Waals surface area contributed by atoms with Crippen molar-refractivity contribution in [3.05, 3.63) is 0 Å². The van der Waals surface area contributed by atoms with Crippen LogP contribution in [-0.4, -0.2) is 88.4 Å². The van der Waals surface area contributed by atoms with E-state index in [1.54, 1.807) is 0 Å². The van der Waals surface area contributed by atoms with Gasteiger partial charge in [0, 0.05) is 12.8 Å². The van der Waals surface area contributed by atoms with Crippen LogP contribution in [0.1, 0.15) is 239 Å². The maximum atomic E-state index is 12.7. The molecule has 11 nitrogen and oxygen atoms in total. The molecule has 1 saturated heterocycles. The molecule has 0 spiro atoms. The summed E-state index contributed by atoms with van der Waals surface area (Å²) < 4.78 is 21.7. The minimum atomic E-state index is -1.85. The van der Waals surface area contributed by atoms with E-state index in [9.17, 15) is 34.8 Å². The first-order valence-corrected chi connectivity index (χ1v) is 24.6. The number of esters is 2. The van der Waals surface area contributed by atoms with Crippen molar-refractivity contribution in [2.24, 2.45) is 0 Å². The second-order valence-electron chi connectivity index (χ2n) is 17.3. The number of unbranched alkanes of at least 4 members (excludes halogenated alkanes) is 31. The number of carboxylic acid groups (broad SMARTS) is 1. The van der Waals surface area contributed by atoms with Crippen molar-refractivity contribution in [3.63, 3.8) is 0 Å². The highest BCUT2D eigenvalue weighted by molar-refractivity contribution is 5.73. The van der Waals surface area contributed by atoms with Crippen LogP contribution in [0.5, 0.6) is 0 Å². The summed E-state index contributed by atoms with van der Waals surface area (Å²) in [5, 5.41) is 39.8. The first-order valence-electron chi connectivity index (χ1n) is 24.6. The summed E-state index contributed by atoms with van der Waals surface area (Å²) in [4.78, 5) is 36.8. The van der Waals surface area contributed by atoms with Crippen LogP contribution in [-0.2, 0) is 33.3 Å². The SMILES string of the molecule is CCCCCCCCCCCCCCCCCCCCCCCCCCC(=O)OCC(COC1OC(C(=O)O)C(O)C(O)C1O)OC(=O)CCCCCCCCCCC. The van der Waals surface area contributed by atoms with Gasteiger partial charge in [-0.15, -0.1) is 0 Å². The van der Waals surface area contributed by atoms with Crippen LogP contribution in [0.2, 0.25) is 0 Å². The summed E-state index contributed by atoms with van der Waals surface area (Å²) in [6, 6.07) is 0. The fourth-order valence-electron chi connectivity index (χ4n) is 7.82. The average Bonchev–Trinajstić information content (AvgIpc) is 3.22. The van der Waals surface area contributed by atoms with Crippen molar-refractivity contribution in [1.29, 1.82) is 0 Å². The molecule has 1 aliphatic rings. The summed E-state index contributed by atoms with van der Waals surface area (Å²) in [5.41, 5.74) is 0. The van der Waals surface area contributed by atoms with Gasteiger partial charge in [0.2, 0.25) is 0 Å². The predicted octanol–water partition coefficient (Wildman–Crippen LogP) is 11.0. The number of aliphatic hydroxyl groups is 3. The lowest BCUT2D eigenvalue weighted by Crippen LogP contribution is -2.60. The number of ether oxygens (including phenoxy) is 4. The number of hydrogen-bond acceptors (Lipinski definition) is 10. The van der Waals surface area contributed by atoms with E-state index in [1.807, 2.05) is 0 Å². The molecule has 1 fully saturated rings. The number of carbonyl (C=O) groups excluding carboxylic acids is 2. The normalized spacial score (nSPS) is 19.8. The van der Waals surface area contributed by atoms with Crippen molar-refractivity contribution < 1.29 is 53.8 Å². The number of aliphatic carboxylic acids is 1. The lowest BCUT2D eigenvalue weighted by Gasteiger charge is -2.38. The molecule has 11 heteroatoms. The molecule has 0 saturated carbocycles. The number of carboxylic acids is 1. The van der Waals surface area contributed by atoms with E-state index < -0.39 is 54.7 Å². The number of rotatable bonds is 42. The van der Waals surface area contributed by atoms with E-state index in [4.69, 9.17) is 18.9 Å². The molecule has 1 heterocycles. The molecule has 0 radical (unpaired) electrons. The minimum Gasteiger partial charge on any atom is -0.479 e. The van der Waals surface area contributed by atoms with E-state index in [2.05, 4.69) is 13.8 Å². The molecule has 4 N–H and O–H groups in total. The second-order valence-corrected chi connectivity index (χ2v) is 17.3. The largest absolute Gasteiger partial charge is 0.479 e. The van der Waals surface area contributed by atoms with Gasteiger partial charge in [-0.2, -0.15) is 0 Å². The van der Waals surface area contributed by atoms with Gasteiger partial charge in [-0.1, -0.05) is 213 Å². The molecule has 348 valence electrons. The maximum absolute atomic E-state index is 12.7. The van der Waals surface area contributed by atoms with Crippen molar-refractivity contribution in [2.45, 2.75) is 275 Å². The molecule has 0 amide bonds. The van der Waals surface area contributed by atoms with Gasteiger partial charge in [0.25, 0.3) is 0 Å². The van der Waals surface area contributed by atoms with E-state index >= 15 is 0 Å². The highest BCUT2D eigenvalue weighted by Crippen LogP contribution is 2.23. The number of aliphatic hydroxyl groups excluding tert-OH is 3. The molecule has 59 heavy (non-hydrogen) atoms. The Hall–Kier alpha value is -1.79. The summed E-state index contributed by atoms with van der Waals surface area (Å²) in [6.07, 6.45) is 31.9. The smallest absolute Gasteiger partial charge is 0.335 e. The predicted molar refractivity (Wildman–Crippen MR) is 234 cm³/mol. The Morgan fingerprint density at radius 1 is 0.458 bits per heavy atom. The second kappa shape index (κ2) is 39.1. The Balaban J connectivity index is 2.19. The molecular weight excluding hydrogens is 753 g/mol. The minimum absolute atomic E-state index is 0.189. The molecule has 0 aliphatic carbocycles. The van der Waals surface area contributed by atoms with Crippen molar-refractivity contribution >= 4 is 17.9 Å². The van der Waals surface area contributed by atoms with Gasteiger partial charge >= 0.3 is 17.9 Å². The zero-order chi connectivity index (χ0) is 43.2. The van der Waals surface area contributed by atoms with E-state index in [0.29, 0.717) is 12.8 Å². The summed E-state index contributed by atoms with van der Waals surface area (Å²) in [6.45, 7) is 3.82. The highest BCUT2D eigenvalue weighted by Gasteiger charge is 2.47. The van der Waals surface area contributed by atoms with Gasteiger partial charge < -0.3 is 39.4 Å². The Bertz CT molecular complexity index is 994. The van der Waals surface area contributed by atoms with Crippen LogP contribution in [0.15, 0.2) is 0 Å². The van der Waals surface area contributed by atoms with Crippen LogP contribution in [0.25, 0.3) is 0 Å². The lowest BCUT2D eigenvalue weighted by molar-refractivity contribution is -0.298. The summed E-state index contributed by atoms with van der Waals surface area (Å²) in [7, 11) is 0. The van der Waals surface area contributed by atoms with E-state index in [-0.39, 0.29) is 26.1 Å². The van der Waals surface area contributed by atoms with Gasteiger partial charge in [-0.05, 0) is 12.8 Å². The third-order valence-corrected chi connectivity index (χ3v) is 11.7. The van der Waals surface area contributed by atoms with Crippen LogP contribution in [0, 0.1) is 0 Å². The Morgan fingerprint density at radius 2 is 0.797 bits per heavy atom. The molecule has 0 bridgehead atoms. The highest BCUT2D eigenvalue weighted by atomic mass is 16.7. The molecule has 6 unspecified atom stereocenters. The Kier molecular flexibility index (Phi) is 36.6. The van der Waals surface area contributed by atoms with Gasteiger partial charge in [0.15, 0.2) is 18.5 Å². The van der Waals surface area contributed by atoms with Crippen LogP contribution >= 0.6 is 0 Å². The molecule has 6 atom stereocenters. The van der Waals surface area contributed by atoms with Gasteiger partial charge in [-0.25, -0.2) is 4.79 Å². The molecule has 1 aliphatic heterocycles. The number of hydrogen-bond donors (Lipinski definition) is 4. The topological polar surface area (TPSA) is 169 Å². The Labute approximate surface area is 359 Å². The monoisotopic (exact) mass is 843 g/mol. The Morgan fingerprint density at radius 3 is 1.15 bits per heavy atom. The van der Waals surface area contributed by atoms with Crippen LogP contribution in [0.4, 0.5) is 0 Å². The lowest BCUT2D eigenvalue weighted by atomic mass is 9.99. The third kappa shape index (κ3) is 30.8. The number of carbonyl (C=O) groups is 3. The molecule has 0 aromatic carbocycles. The van der Waals surface area contributed by atoms with Crippen LogP contribution in [0.3, 0.4) is 0 Å². The fourth-order valence-corrected chi connectivity index (χ4v) is 7.82. The zero-order valence-electron chi connectivity index (χ0n) is 37.8. The quantitative estimate of drug-likeness (QED) is 0.0341. The first kappa shape index (κ1) is 55.2. The van der Waals surface area contributed by atoms with Crippen molar-refractivity contribution in [2.75, 3.05) is 13.2 Å². The van der Waals surface area contributed by atoms with Gasteiger partial charge in [-0.3, -0.25) is 9.59 Å². The maximum Gasteiger partial charge on any atom is 0.335 e. The molecular formula is C48H90O11. The summed E-state index contributed by atoms with van der Waals surface area (Å²) >= 11 is 0. The standard InChI is InChI=1S/C48H90O11/c1-3-5-7-9-11-13-14-15-16-17-18-19-20-21-22-23-24-25-26-27-29-30-32-34-36-41(49)56-38-40(58-42(50)37-35-33-31-28-12-10-8-6-4-2)39-57-48-45(53)43(51)44(52)46(59-48)47(54)55/h40,43-46,48,51-53H,3-39H2,1-2H3,(H,54,55). The third-order valence-electron chi connectivity index (χ3n) is 11.7. The fraction of sp³-hybridized carbons (Fsp3) is 0.938. The molecule has 0 aromatic heterocycles. The van der Waals surface area contributed by atoms with Crippen LogP contribution < -0.4 is 0 Å². The average molecular weight is 843 g/mol. The van der Waals surface area contributed by atoms with Gasteiger partial charge in [0.05, 0.1) is 6.61 Å². The zero-order valence-corrected chi connectivity index (χ0v) is 37.8.